The Morgan fingerprint density at radius 1 is 1.04 bits per heavy atom. The maximum atomic E-state index is 13.3. The lowest BCUT2D eigenvalue weighted by Crippen LogP contribution is -2.02. The Bertz CT molecular complexity index is 845. The number of anilines is 1. The number of benzene rings is 2. The van der Waals surface area contributed by atoms with Crippen LogP contribution in [0.1, 0.15) is 11.3 Å². The quantitative estimate of drug-likeness (QED) is 0.773. The summed E-state index contributed by atoms with van der Waals surface area (Å²) in [5.41, 5.74) is 3.07. The number of ether oxygens (including phenoxy) is 1. The first-order valence-electron chi connectivity index (χ1n) is 7.19. The molecule has 3 aromatic rings. The van der Waals surface area contributed by atoms with Crippen molar-refractivity contribution in [2.45, 2.75) is 13.5 Å². The van der Waals surface area contributed by atoms with Gasteiger partial charge in [-0.2, -0.15) is 0 Å². The summed E-state index contributed by atoms with van der Waals surface area (Å²) in [6.45, 7) is 2.21. The number of rotatable bonds is 4. The predicted octanol–water partition coefficient (Wildman–Crippen LogP) is 4.44. The van der Waals surface area contributed by atoms with E-state index in [-0.39, 0.29) is 0 Å². The number of methoxy groups -OCH3 is 1. The highest BCUT2D eigenvalue weighted by Gasteiger charge is 2.07. The zero-order valence-corrected chi connectivity index (χ0v) is 12.9. The molecule has 0 fully saturated rings. The number of nitrogens with zero attached hydrogens (tertiary/aromatic N) is 1. The van der Waals surface area contributed by atoms with Gasteiger partial charge in [0.05, 0.1) is 12.6 Å². The summed E-state index contributed by atoms with van der Waals surface area (Å²) in [6, 6.07) is 11.0. The van der Waals surface area contributed by atoms with Gasteiger partial charge in [-0.3, -0.25) is 4.98 Å². The van der Waals surface area contributed by atoms with Gasteiger partial charge < -0.3 is 10.1 Å². The van der Waals surface area contributed by atoms with Crippen molar-refractivity contribution in [3.05, 3.63) is 65.4 Å². The minimum Gasteiger partial charge on any atom is -0.497 e. The zero-order valence-electron chi connectivity index (χ0n) is 12.9. The monoisotopic (exact) mass is 314 g/mol. The number of aryl methyl sites for hydroxylation is 1. The third-order valence-electron chi connectivity index (χ3n) is 3.55. The van der Waals surface area contributed by atoms with Crippen LogP contribution in [0.5, 0.6) is 5.75 Å². The summed E-state index contributed by atoms with van der Waals surface area (Å²) in [6.07, 6.45) is 0. The smallest absolute Gasteiger partial charge is 0.126 e. The molecule has 0 aliphatic carbocycles. The van der Waals surface area contributed by atoms with E-state index in [1.807, 2.05) is 31.2 Å². The van der Waals surface area contributed by atoms with E-state index in [1.54, 1.807) is 7.11 Å². The fourth-order valence-electron chi connectivity index (χ4n) is 2.52. The van der Waals surface area contributed by atoms with Gasteiger partial charge in [0.25, 0.3) is 0 Å². The van der Waals surface area contributed by atoms with E-state index in [0.717, 1.165) is 34.1 Å². The Hall–Kier alpha value is -2.69. The van der Waals surface area contributed by atoms with Crippen LogP contribution < -0.4 is 10.1 Å². The van der Waals surface area contributed by atoms with E-state index >= 15 is 0 Å². The number of hydrogen-bond acceptors (Lipinski definition) is 3. The van der Waals surface area contributed by atoms with Gasteiger partial charge in [0.1, 0.15) is 17.4 Å². The molecule has 0 saturated heterocycles. The maximum absolute atomic E-state index is 13.3. The molecule has 1 aromatic heterocycles. The van der Waals surface area contributed by atoms with Crippen molar-refractivity contribution in [1.29, 1.82) is 0 Å². The summed E-state index contributed by atoms with van der Waals surface area (Å²) < 4.78 is 31.8. The van der Waals surface area contributed by atoms with E-state index < -0.39 is 11.6 Å². The molecule has 0 unspecified atom stereocenters. The van der Waals surface area contributed by atoms with Crippen molar-refractivity contribution in [3.63, 3.8) is 0 Å². The molecule has 1 N–H and O–H groups in total. The molecule has 3 nitrogen and oxygen atoms in total. The summed E-state index contributed by atoms with van der Waals surface area (Å²) in [7, 11) is 1.60. The van der Waals surface area contributed by atoms with Gasteiger partial charge in [0, 0.05) is 29.4 Å². The van der Waals surface area contributed by atoms with Crippen LogP contribution in [0.2, 0.25) is 0 Å². The molecular weight excluding hydrogens is 298 g/mol. The largest absolute Gasteiger partial charge is 0.497 e. The van der Waals surface area contributed by atoms with E-state index in [9.17, 15) is 8.78 Å². The average molecular weight is 314 g/mol. The molecular formula is C18H16F2N2O. The normalized spacial score (nSPS) is 10.8. The lowest BCUT2D eigenvalue weighted by atomic mass is 10.1. The van der Waals surface area contributed by atoms with Gasteiger partial charge in [-0.15, -0.1) is 0 Å². The Balaban J connectivity index is 1.95. The first-order chi connectivity index (χ1) is 11.0. The van der Waals surface area contributed by atoms with Crippen molar-refractivity contribution in [2.24, 2.45) is 0 Å². The molecule has 3 rings (SSSR count). The molecule has 0 bridgehead atoms. The van der Waals surface area contributed by atoms with E-state index in [2.05, 4.69) is 10.3 Å². The second-order valence-corrected chi connectivity index (χ2v) is 5.33. The fraction of sp³-hybridized carbons (Fsp3) is 0.167. The van der Waals surface area contributed by atoms with Gasteiger partial charge in [0.15, 0.2) is 0 Å². The molecule has 0 atom stereocenters. The van der Waals surface area contributed by atoms with E-state index in [1.165, 1.54) is 12.1 Å². The van der Waals surface area contributed by atoms with Crippen LogP contribution in [0, 0.1) is 18.6 Å². The zero-order chi connectivity index (χ0) is 16.4. The Kier molecular flexibility index (Phi) is 4.10. The van der Waals surface area contributed by atoms with Gasteiger partial charge in [0.2, 0.25) is 0 Å². The summed E-state index contributed by atoms with van der Waals surface area (Å²) in [5.74, 6) is -0.443. The first kappa shape index (κ1) is 15.2. The second-order valence-electron chi connectivity index (χ2n) is 5.33. The molecule has 0 aliphatic heterocycles. The minimum absolute atomic E-state index is 0.310. The van der Waals surface area contributed by atoms with Gasteiger partial charge in [-0.05, 0) is 48.9 Å². The fourth-order valence-corrected chi connectivity index (χ4v) is 2.52. The van der Waals surface area contributed by atoms with Crippen LogP contribution in [0.4, 0.5) is 14.5 Å². The van der Waals surface area contributed by atoms with E-state index in [0.29, 0.717) is 12.1 Å². The molecule has 118 valence electrons. The summed E-state index contributed by atoms with van der Waals surface area (Å²) >= 11 is 0. The van der Waals surface area contributed by atoms with Crippen LogP contribution in [0.3, 0.4) is 0 Å². The SMILES string of the molecule is COc1ccc2nc(C)cc(NCc3cc(F)cc(F)c3)c2c1. The van der Waals surface area contributed by atoms with Crippen molar-refractivity contribution >= 4 is 16.6 Å². The van der Waals surface area contributed by atoms with Crippen molar-refractivity contribution < 1.29 is 13.5 Å². The lowest BCUT2D eigenvalue weighted by molar-refractivity contribution is 0.415. The highest BCUT2D eigenvalue weighted by molar-refractivity contribution is 5.92. The summed E-state index contributed by atoms with van der Waals surface area (Å²) in [5, 5.41) is 4.12. The van der Waals surface area contributed by atoms with Crippen LogP contribution in [-0.2, 0) is 6.54 Å². The third-order valence-corrected chi connectivity index (χ3v) is 3.55. The average Bonchev–Trinajstić information content (AvgIpc) is 2.51. The Morgan fingerprint density at radius 3 is 2.48 bits per heavy atom. The molecule has 5 heteroatoms. The van der Waals surface area contributed by atoms with Crippen molar-refractivity contribution in [1.82, 2.24) is 4.98 Å². The molecule has 0 aliphatic rings. The number of fused-ring (bicyclic) bond motifs is 1. The van der Waals surface area contributed by atoms with Crippen LogP contribution in [0.25, 0.3) is 10.9 Å². The van der Waals surface area contributed by atoms with Crippen LogP contribution >= 0.6 is 0 Å². The van der Waals surface area contributed by atoms with Gasteiger partial charge in [-0.1, -0.05) is 0 Å². The molecule has 0 amide bonds. The minimum atomic E-state index is -0.584. The highest BCUT2D eigenvalue weighted by Crippen LogP contribution is 2.27. The summed E-state index contributed by atoms with van der Waals surface area (Å²) in [4.78, 5) is 4.48. The third kappa shape index (κ3) is 3.39. The van der Waals surface area contributed by atoms with Crippen molar-refractivity contribution in [2.75, 3.05) is 12.4 Å². The molecule has 2 aromatic carbocycles. The molecule has 23 heavy (non-hydrogen) atoms. The number of halogens is 2. The molecule has 0 saturated carbocycles. The Morgan fingerprint density at radius 2 is 1.78 bits per heavy atom. The molecule has 0 radical (unpaired) electrons. The maximum Gasteiger partial charge on any atom is 0.126 e. The highest BCUT2D eigenvalue weighted by atomic mass is 19.1. The topological polar surface area (TPSA) is 34.1 Å². The first-order valence-corrected chi connectivity index (χ1v) is 7.19. The number of nitrogens with one attached hydrogen (secondary N) is 1. The standard InChI is InChI=1S/C18H16F2N2O/c1-11-5-18(16-9-15(23-2)3-4-17(16)22-11)21-10-12-6-13(19)8-14(20)7-12/h3-9H,10H2,1-2H3,(H,21,22). The number of aromatic nitrogens is 1. The second kappa shape index (κ2) is 6.20. The van der Waals surface area contributed by atoms with Crippen molar-refractivity contribution in [3.8, 4) is 5.75 Å². The number of pyridine rings is 1. The predicted molar refractivity (Wildman–Crippen MR) is 86.7 cm³/mol. The molecule has 1 heterocycles. The Labute approximate surface area is 132 Å². The lowest BCUT2D eigenvalue weighted by Gasteiger charge is -2.12. The van der Waals surface area contributed by atoms with Crippen LogP contribution in [-0.4, -0.2) is 12.1 Å². The van der Waals surface area contributed by atoms with E-state index in [4.69, 9.17) is 4.74 Å². The van der Waals surface area contributed by atoms with Gasteiger partial charge in [-0.25, -0.2) is 8.78 Å². The van der Waals surface area contributed by atoms with Crippen LogP contribution in [0.15, 0.2) is 42.5 Å². The molecule has 0 spiro atoms. The van der Waals surface area contributed by atoms with Gasteiger partial charge >= 0.3 is 0 Å². The number of hydrogen-bond donors (Lipinski definition) is 1.